The second kappa shape index (κ2) is 10.8. The number of rotatable bonds is 3. The molecule has 8 aromatic rings. The molecule has 0 aliphatic carbocycles. The monoisotopic (exact) mass is 611 g/mol. The summed E-state index contributed by atoms with van der Waals surface area (Å²) in [6.07, 6.45) is 1.84. The Bertz CT molecular complexity index is 2610. The second-order valence-corrected chi connectivity index (χ2v) is 11.8. The van der Waals surface area contributed by atoms with E-state index >= 15 is 0 Å². The predicted octanol–water partition coefficient (Wildman–Crippen LogP) is 10.7. The molecule has 0 N–H and O–H groups in total. The summed E-state index contributed by atoms with van der Waals surface area (Å²) in [6.45, 7) is 0. The van der Waals surface area contributed by atoms with Crippen LogP contribution in [0.4, 0.5) is 17.1 Å². The molecule has 0 amide bonds. The van der Waals surface area contributed by atoms with Crippen molar-refractivity contribution in [3.8, 4) is 51.3 Å². The van der Waals surface area contributed by atoms with Crippen LogP contribution in [0.3, 0.4) is 0 Å². The zero-order chi connectivity index (χ0) is 32.2. The standard InChI is InChI=1S/C43H25N5/c44-26-29-10-9-11-30(27-45)41(29)28-19-21-31(22-20-28)47-37-16-5-3-14-34(37)32-12-1-2-13-33(32)35-23-24-39-42(43(35)47)36-15-4-6-17-38(36)48(39)40-18-7-8-25-46-40/h1-25H. The lowest BCUT2D eigenvalue weighted by Gasteiger charge is -2.28. The number of nitrogens with zero attached hydrogens (tertiary/aromatic N) is 5. The van der Waals surface area contributed by atoms with Crippen molar-refractivity contribution in [3.05, 3.63) is 163 Å². The van der Waals surface area contributed by atoms with Crippen molar-refractivity contribution in [3.63, 3.8) is 0 Å². The Morgan fingerprint density at radius 1 is 0.521 bits per heavy atom. The fourth-order valence-corrected chi connectivity index (χ4v) is 7.29. The van der Waals surface area contributed by atoms with Crippen LogP contribution >= 0.6 is 0 Å². The quantitative estimate of drug-likeness (QED) is 0.199. The zero-order valence-corrected chi connectivity index (χ0v) is 25.7. The third kappa shape index (κ3) is 3.99. The van der Waals surface area contributed by atoms with Crippen LogP contribution in [0, 0.1) is 22.7 Å². The molecule has 5 nitrogen and oxygen atoms in total. The highest BCUT2D eigenvalue weighted by Gasteiger charge is 2.30. The third-order valence-corrected chi connectivity index (χ3v) is 9.29. The van der Waals surface area contributed by atoms with Gasteiger partial charge in [0.05, 0.1) is 45.7 Å². The van der Waals surface area contributed by atoms with Crippen molar-refractivity contribution in [2.45, 2.75) is 0 Å². The van der Waals surface area contributed by atoms with E-state index in [9.17, 15) is 10.5 Å². The van der Waals surface area contributed by atoms with Gasteiger partial charge >= 0.3 is 0 Å². The van der Waals surface area contributed by atoms with Crippen LogP contribution in [0.5, 0.6) is 0 Å². The van der Waals surface area contributed by atoms with Crippen molar-refractivity contribution in [2.75, 3.05) is 4.90 Å². The minimum Gasteiger partial charge on any atom is -0.309 e. The molecule has 0 unspecified atom stereocenters. The summed E-state index contributed by atoms with van der Waals surface area (Å²) < 4.78 is 2.25. The van der Waals surface area contributed by atoms with E-state index in [-0.39, 0.29) is 0 Å². The molecule has 0 bridgehead atoms. The van der Waals surface area contributed by atoms with Gasteiger partial charge in [-0.1, -0.05) is 91.0 Å². The number of aromatic nitrogens is 2. The van der Waals surface area contributed by atoms with E-state index in [4.69, 9.17) is 4.98 Å². The topological polar surface area (TPSA) is 68.6 Å². The van der Waals surface area contributed by atoms with Crippen LogP contribution in [0.15, 0.2) is 152 Å². The van der Waals surface area contributed by atoms with Gasteiger partial charge in [-0.2, -0.15) is 10.5 Å². The van der Waals surface area contributed by atoms with E-state index < -0.39 is 0 Å². The maximum atomic E-state index is 9.89. The van der Waals surface area contributed by atoms with E-state index in [1.165, 1.54) is 5.56 Å². The fourth-order valence-electron chi connectivity index (χ4n) is 7.29. The third-order valence-electron chi connectivity index (χ3n) is 9.29. The van der Waals surface area contributed by atoms with E-state index in [0.29, 0.717) is 16.7 Å². The molecule has 6 aromatic carbocycles. The molecule has 0 radical (unpaired) electrons. The zero-order valence-electron chi connectivity index (χ0n) is 25.7. The van der Waals surface area contributed by atoms with Crippen molar-refractivity contribution >= 4 is 38.9 Å². The summed E-state index contributed by atoms with van der Waals surface area (Å²) in [5.74, 6) is 0.860. The largest absolute Gasteiger partial charge is 0.309 e. The number of para-hydroxylation sites is 2. The summed E-state index contributed by atoms with van der Waals surface area (Å²) in [4.78, 5) is 7.14. The molecule has 5 heteroatoms. The van der Waals surface area contributed by atoms with Crippen LogP contribution in [0.1, 0.15) is 11.1 Å². The van der Waals surface area contributed by atoms with Crippen molar-refractivity contribution in [1.82, 2.24) is 9.55 Å². The molecule has 1 aliphatic rings. The van der Waals surface area contributed by atoms with Crippen molar-refractivity contribution in [2.24, 2.45) is 0 Å². The molecule has 0 fully saturated rings. The Kier molecular flexibility index (Phi) is 6.18. The van der Waals surface area contributed by atoms with Gasteiger partial charge < -0.3 is 4.90 Å². The van der Waals surface area contributed by atoms with Gasteiger partial charge in [0, 0.05) is 39.3 Å². The van der Waals surface area contributed by atoms with E-state index in [0.717, 1.165) is 66.9 Å². The van der Waals surface area contributed by atoms with Crippen LogP contribution in [0.2, 0.25) is 0 Å². The summed E-state index contributed by atoms with van der Waals surface area (Å²) in [7, 11) is 0. The van der Waals surface area contributed by atoms with Crippen molar-refractivity contribution in [1.29, 1.82) is 10.5 Å². The normalized spacial score (nSPS) is 11.7. The minimum atomic E-state index is 0.478. The molecule has 0 saturated heterocycles. The lowest BCUT2D eigenvalue weighted by atomic mass is 9.93. The number of fused-ring (bicyclic) bond motifs is 9. The number of hydrogen-bond acceptors (Lipinski definition) is 4. The Morgan fingerprint density at radius 2 is 1.19 bits per heavy atom. The summed E-state index contributed by atoms with van der Waals surface area (Å²) >= 11 is 0. The predicted molar refractivity (Wildman–Crippen MR) is 193 cm³/mol. The molecule has 2 aromatic heterocycles. The first-order chi connectivity index (χ1) is 23.8. The lowest BCUT2D eigenvalue weighted by molar-refractivity contribution is 1.08. The number of pyridine rings is 1. The van der Waals surface area contributed by atoms with Gasteiger partial charge in [0.25, 0.3) is 0 Å². The van der Waals surface area contributed by atoms with E-state index in [2.05, 4.69) is 119 Å². The number of benzene rings is 6. The highest BCUT2D eigenvalue weighted by atomic mass is 15.2. The molecular weight excluding hydrogens is 587 g/mol. The summed E-state index contributed by atoms with van der Waals surface area (Å²) in [6, 6.07) is 54.2. The van der Waals surface area contributed by atoms with Crippen molar-refractivity contribution < 1.29 is 0 Å². The first-order valence-electron chi connectivity index (χ1n) is 15.8. The SMILES string of the molecule is N#Cc1cccc(C#N)c1-c1ccc(N2c3ccccc3-c3ccccc3-c3ccc4c(c32)c2ccccc2n4-c2ccccn2)cc1. The van der Waals surface area contributed by atoms with Crippen LogP contribution < -0.4 is 4.90 Å². The van der Waals surface area contributed by atoms with Gasteiger partial charge in [-0.05, 0) is 71.3 Å². The van der Waals surface area contributed by atoms with Gasteiger partial charge in [-0.15, -0.1) is 0 Å². The maximum absolute atomic E-state index is 9.89. The Balaban J connectivity index is 1.39. The maximum Gasteiger partial charge on any atom is 0.137 e. The molecular formula is C43H25N5. The molecule has 3 heterocycles. The Labute approximate surface area is 277 Å². The van der Waals surface area contributed by atoms with Gasteiger partial charge in [0.1, 0.15) is 5.82 Å². The first kappa shape index (κ1) is 27.4. The van der Waals surface area contributed by atoms with Gasteiger partial charge in [-0.25, -0.2) is 4.98 Å². The number of nitriles is 2. The molecule has 1 aliphatic heterocycles. The van der Waals surface area contributed by atoms with Gasteiger partial charge in [-0.3, -0.25) is 4.57 Å². The lowest BCUT2D eigenvalue weighted by Crippen LogP contribution is -2.11. The molecule has 0 atom stereocenters. The number of hydrogen-bond donors (Lipinski definition) is 0. The number of anilines is 3. The van der Waals surface area contributed by atoms with E-state index in [1.54, 1.807) is 18.2 Å². The molecule has 9 rings (SSSR count). The summed E-state index contributed by atoms with van der Waals surface area (Å²) in [5, 5.41) is 22.0. The second-order valence-electron chi connectivity index (χ2n) is 11.8. The summed E-state index contributed by atoms with van der Waals surface area (Å²) in [5.41, 5.74) is 12.3. The van der Waals surface area contributed by atoms with Gasteiger partial charge in [0.15, 0.2) is 0 Å². The highest BCUT2D eigenvalue weighted by molar-refractivity contribution is 6.21. The molecule has 0 spiro atoms. The van der Waals surface area contributed by atoms with Crippen LogP contribution in [0.25, 0.3) is 61.0 Å². The smallest absolute Gasteiger partial charge is 0.137 e. The fraction of sp³-hybridized carbons (Fsp3) is 0. The molecule has 48 heavy (non-hydrogen) atoms. The molecule has 0 saturated carbocycles. The average molecular weight is 612 g/mol. The first-order valence-corrected chi connectivity index (χ1v) is 15.8. The Hall–Kier alpha value is -6.95. The molecule has 222 valence electrons. The minimum absolute atomic E-state index is 0.478. The highest BCUT2D eigenvalue weighted by Crippen LogP contribution is 2.54. The average Bonchev–Trinajstić information content (AvgIpc) is 3.44. The Morgan fingerprint density at radius 3 is 1.92 bits per heavy atom. The van der Waals surface area contributed by atoms with E-state index in [1.807, 2.05) is 36.5 Å². The van der Waals surface area contributed by atoms with Crippen LogP contribution in [-0.4, -0.2) is 9.55 Å². The van der Waals surface area contributed by atoms with Gasteiger partial charge in [0.2, 0.25) is 0 Å². The van der Waals surface area contributed by atoms with Crippen LogP contribution in [-0.2, 0) is 0 Å².